The number of hydrogen-bond donors (Lipinski definition) is 1. The van der Waals surface area contributed by atoms with E-state index in [1.54, 1.807) is 0 Å². The number of aromatic nitrogens is 1. The zero-order valence-corrected chi connectivity index (χ0v) is 21.6. The van der Waals surface area contributed by atoms with Crippen LogP contribution in [0.15, 0.2) is 52.9 Å². The molecule has 0 bridgehead atoms. The second-order valence-electron chi connectivity index (χ2n) is 8.84. The number of oxazole rings is 1. The molecule has 8 heteroatoms. The van der Waals surface area contributed by atoms with E-state index in [0.717, 1.165) is 63.2 Å². The maximum absolute atomic E-state index is 12.9. The van der Waals surface area contributed by atoms with Crippen molar-refractivity contribution in [3.8, 4) is 11.3 Å². The molecule has 1 N–H and O–H groups in total. The van der Waals surface area contributed by atoms with Gasteiger partial charge in [-0.3, -0.25) is 9.69 Å². The van der Waals surface area contributed by atoms with Gasteiger partial charge in [-0.05, 0) is 31.0 Å². The van der Waals surface area contributed by atoms with Crippen molar-refractivity contribution in [2.75, 3.05) is 39.3 Å². The Morgan fingerprint density at radius 2 is 1.77 bits per heavy atom. The minimum absolute atomic E-state index is 0.207. The van der Waals surface area contributed by atoms with E-state index in [0.29, 0.717) is 40.4 Å². The molecule has 1 amide bonds. The van der Waals surface area contributed by atoms with Gasteiger partial charge < -0.3 is 14.6 Å². The van der Waals surface area contributed by atoms with E-state index in [2.05, 4.69) is 27.0 Å². The zero-order valence-electron chi connectivity index (χ0n) is 20.1. The van der Waals surface area contributed by atoms with Crippen LogP contribution in [0.5, 0.6) is 0 Å². The van der Waals surface area contributed by atoms with E-state index in [4.69, 9.17) is 27.6 Å². The molecule has 1 aliphatic heterocycles. The summed E-state index contributed by atoms with van der Waals surface area (Å²) in [4.78, 5) is 22.3. The molecule has 3 aromatic rings. The maximum atomic E-state index is 12.9. The van der Waals surface area contributed by atoms with Crippen LogP contribution >= 0.6 is 23.2 Å². The molecular formula is C27H32Cl2N4O2. The lowest BCUT2D eigenvalue weighted by molar-refractivity contribution is 0.0919. The van der Waals surface area contributed by atoms with Crippen molar-refractivity contribution in [1.29, 1.82) is 0 Å². The first-order valence-corrected chi connectivity index (χ1v) is 13.0. The number of carbonyl (C=O) groups excluding carboxylic acids is 1. The third-order valence-electron chi connectivity index (χ3n) is 6.22. The predicted octanol–water partition coefficient (Wildman–Crippen LogP) is 5.54. The van der Waals surface area contributed by atoms with Crippen molar-refractivity contribution in [3.63, 3.8) is 0 Å². The molecule has 35 heavy (non-hydrogen) atoms. The minimum Gasteiger partial charge on any atom is -0.435 e. The van der Waals surface area contributed by atoms with Crippen LogP contribution in [0, 0.1) is 0 Å². The Morgan fingerprint density at radius 3 is 2.51 bits per heavy atom. The van der Waals surface area contributed by atoms with Gasteiger partial charge in [-0.15, -0.1) is 0 Å². The van der Waals surface area contributed by atoms with Gasteiger partial charge in [0.15, 0.2) is 5.89 Å². The normalized spacial score (nSPS) is 14.8. The SMILES string of the molecule is CCCc1nc(-c2ccccc2)c(C(=O)NCCCN2CCN(Cc3cccc(Cl)c3Cl)CC2)o1. The Labute approximate surface area is 217 Å². The number of benzene rings is 2. The number of aryl methyl sites for hydroxylation is 1. The Morgan fingerprint density at radius 1 is 1.03 bits per heavy atom. The molecule has 2 aromatic carbocycles. The second kappa shape index (κ2) is 12.5. The quantitative estimate of drug-likeness (QED) is 0.360. The first-order chi connectivity index (χ1) is 17.0. The van der Waals surface area contributed by atoms with E-state index in [1.807, 2.05) is 48.5 Å². The largest absolute Gasteiger partial charge is 0.435 e. The van der Waals surface area contributed by atoms with Crippen molar-refractivity contribution in [2.24, 2.45) is 0 Å². The zero-order chi connectivity index (χ0) is 24.6. The molecule has 0 aliphatic carbocycles. The summed E-state index contributed by atoms with van der Waals surface area (Å²) in [6, 6.07) is 15.5. The molecule has 1 aliphatic rings. The Bertz CT molecular complexity index is 1110. The van der Waals surface area contributed by atoms with Gasteiger partial charge >= 0.3 is 0 Å². The van der Waals surface area contributed by atoms with Crippen LogP contribution in [0.2, 0.25) is 10.0 Å². The highest BCUT2D eigenvalue weighted by Crippen LogP contribution is 2.27. The molecule has 1 fully saturated rings. The third kappa shape index (κ3) is 6.85. The van der Waals surface area contributed by atoms with E-state index in [-0.39, 0.29) is 5.91 Å². The van der Waals surface area contributed by atoms with Gasteiger partial charge in [0.05, 0.1) is 10.0 Å². The van der Waals surface area contributed by atoms with E-state index >= 15 is 0 Å². The lowest BCUT2D eigenvalue weighted by Crippen LogP contribution is -2.46. The number of nitrogens with one attached hydrogen (secondary N) is 1. The van der Waals surface area contributed by atoms with Crippen LogP contribution in [0.25, 0.3) is 11.3 Å². The van der Waals surface area contributed by atoms with E-state index in [1.165, 1.54) is 0 Å². The average Bonchev–Trinajstić information content (AvgIpc) is 3.30. The summed E-state index contributed by atoms with van der Waals surface area (Å²) in [5.41, 5.74) is 2.57. The van der Waals surface area contributed by atoms with Crippen LogP contribution in [0.4, 0.5) is 0 Å². The van der Waals surface area contributed by atoms with Gasteiger partial charge in [-0.2, -0.15) is 0 Å². The summed E-state index contributed by atoms with van der Waals surface area (Å²) < 4.78 is 5.84. The van der Waals surface area contributed by atoms with Gasteiger partial charge in [-0.1, -0.05) is 72.6 Å². The predicted molar refractivity (Wildman–Crippen MR) is 141 cm³/mol. The average molecular weight is 515 g/mol. The fourth-order valence-electron chi connectivity index (χ4n) is 4.30. The fraction of sp³-hybridized carbons (Fsp3) is 0.407. The number of nitrogens with zero attached hydrogens (tertiary/aromatic N) is 3. The lowest BCUT2D eigenvalue weighted by Gasteiger charge is -2.34. The van der Waals surface area contributed by atoms with Gasteiger partial charge in [0.2, 0.25) is 5.76 Å². The summed E-state index contributed by atoms with van der Waals surface area (Å²) in [6.07, 6.45) is 2.50. The van der Waals surface area contributed by atoms with Crippen molar-refractivity contribution >= 4 is 29.1 Å². The molecular weight excluding hydrogens is 483 g/mol. The Hall–Kier alpha value is -2.38. The van der Waals surface area contributed by atoms with Gasteiger partial charge in [0.25, 0.3) is 5.91 Å². The molecule has 0 radical (unpaired) electrons. The summed E-state index contributed by atoms with van der Waals surface area (Å²) in [7, 11) is 0. The number of halogens is 2. The fourth-order valence-corrected chi connectivity index (χ4v) is 4.68. The highest BCUT2D eigenvalue weighted by molar-refractivity contribution is 6.42. The Balaban J connectivity index is 1.23. The lowest BCUT2D eigenvalue weighted by atomic mass is 10.1. The molecule has 0 saturated carbocycles. The van der Waals surface area contributed by atoms with Crippen molar-refractivity contribution in [1.82, 2.24) is 20.1 Å². The number of amides is 1. The van der Waals surface area contributed by atoms with Crippen molar-refractivity contribution < 1.29 is 9.21 Å². The second-order valence-corrected chi connectivity index (χ2v) is 9.63. The first-order valence-electron chi connectivity index (χ1n) is 12.3. The molecule has 6 nitrogen and oxygen atoms in total. The van der Waals surface area contributed by atoms with Crippen LogP contribution in [-0.4, -0.2) is 60.0 Å². The van der Waals surface area contributed by atoms with E-state index < -0.39 is 0 Å². The smallest absolute Gasteiger partial charge is 0.289 e. The molecule has 2 heterocycles. The van der Waals surface area contributed by atoms with Crippen molar-refractivity contribution in [3.05, 3.63) is 75.8 Å². The molecule has 1 saturated heterocycles. The standard InChI is InChI=1S/C27H32Cl2N4O2/c1-2-8-23-31-25(20-9-4-3-5-10-20)26(35-23)27(34)30-13-7-14-32-15-17-33(18-16-32)19-21-11-6-12-22(28)24(21)29/h3-6,9-12H,2,7-8,13-19H2,1H3,(H,30,34). The molecule has 186 valence electrons. The summed E-state index contributed by atoms with van der Waals surface area (Å²) in [5.74, 6) is 0.698. The highest BCUT2D eigenvalue weighted by atomic mass is 35.5. The minimum atomic E-state index is -0.207. The first kappa shape index (κ1) is 25.7. The monoisotopic (exact) mass is 514 g/mol. The van der Waals surface area contributed by atoms with Crippen molar-refractivity contribution in [2.45, 2.75) is 32.7 Å². The molecule has 0 unspecified atom stereocenters. The molecule has 4 rings (SSSR count). The summed E-state index contributed by atoms with van der Waals surface area (Å²) in [6.45, 7) is 8.36. The highest BCUT2D eigenvalue weighted by Gasteiger charge is 2.22. The van der Waals surface area contributed by atoms with Crippen LogP contribution in [0.3, 0.4) is 0 Å². The molecule has 0 spiro atoms. The Kier molecular flexibility index (Phi) is 9.21. The van der Waals surface area contributed by atoms with Crippen LogP contribution in [0.1, 0.15) is 41.8 Å². The number of piperazine rings is 1. The molecule has 1 aromatic heterocycles. The maximum Gasteiger partial charge on any atom is 0.289 e. The number of rotatable bonds is 10. The molecule has 0 atom stereocenters. The van der Waals surface area contributed by atoms with Crippen LogP contribution < -0.4 is 5.32 Å². The van der Waals surface area contributed by atoms with Crippen LogP contribution in [-0.2, 0) is 13.0 Å². The topological polar surface area (TPSA) is 61.6 Å². The number of carbonyl (C=O) groups is 1. The van der Waals surface area contributed by atoms with Gasteiger partial charge in [-0.25, -0.2) is 4.98 Å². The van der Waals surface area contributed by atoms with Gasteiger partial charge in [0.1, 0.15) is 5.69 Å². The third-order valence-corrected chi connectivity index (χ3v) is 7.07. The number of hydrogen-bond acceptors (Lipinski definition) is 5. The van der Waals surface area contributed by atoms with Gasteiger partial charge in [0, 0.05) is 51.3 Å². The summed E-state index contributed by atoms with van der Waals surface area (Å²) >= 11 is 12.5. The van der Waals surface area contributed by atoms with E-state index in [9.17, 15) is 4.79 Å². The summed E-state index contributed by atoms with van der Waals surface area (Å²) in [5, 5.41) is 4.27.